The van der Waals surface area contributed by atoms with Crippen LogP contribution in [0.3, 0.4) is 0 Å². The Labute approximate surface area is 114 Å². The van der Waals surface area contributed by atoms with Crippen molar-refractivity contribution in [1.82, 2.24) is 15.1 Å². The van der Waals surface area contributed by atoms with E-state index in [0.717, 1.165) is 52.1 Å². The number of ether oxygens (including phenoxy) is 2. The third kappa shape index (κ3) is 3.08. The summed E-state index contributed by atoms with van der Waals surface area (Å²) in [6.45, 7) is 7.23. The molecule has 0 saturated carbocycles. The van der Waals surface area contributed by atoms with Gasteiger partial charge in [-0.15, -0.1) is 0 Å². The lowest BCUT2D eigenvalue weighted by atomic mass is 10.0. The number of rotatable bonds is 2. The zero-order chi connectivity index (χ0) is 13.1. The fraction of sp³-hybridized carbons (Fsp3) is 0.923. The van der Waals surface area contributed by atoms with E-state index in [2.05, 4.69) is 10.2 Å². The summed E-state index contributed by atoms with van der Waals surface area (Å²) in [4.78, 5) is 16.4. The lowest BCUT2D eigenvalue weighted by molar-refractivity contribution is -0.186. The summed E-state index contributed by atoms with van der Waals surface area (Å²) in [5.74, 6) is -0.0834. The maximum absolute atomic E-state index is 12.2. The highest BCUT2D eigenvalue weighted by Crippen LogP contribution is 2.31. The van der Waals surface area contributed by atoms with Gasteiger partial charge in [0, 0.05) is 52.1 Å². The molecule has 3 saturated heterocycles. The van der Waals surface area contributed by atoms with Crippen molar-refractivity contribution in [3.63, 3.8) is 0 Å². The summed E-state index contributed by atoms with van der Waals surface area (Å²) < 4.78 is 11.4. The van der Waals surface area contributed by atoms with E-state index in [4.69, 9.17) is 9.47 Å². The van der Waals surface area contributed by atoms with Crippen LogP contribution in [0.15, 0.2) is 0 Å². The van der Waals surface area contributed by atoms with Crippen molar-refractivity contribution in [3.8, 4) is 0 Å². The minimum absolute atomic E-state index is 0.255. The highest BCUT2D eigenvalue weighted by atomic mass is 16.7. The van der Waals surface area contributed by atoms with Crippen LogP contribution in [0.1, 0.15) is 12.8 Å². The van der Waals surface area contributed by atoms with Crippen LogP contribution in [0.25, 0.3) is 0 Å². The second kappa shape index (κ2) is 5.75. The number of nitrogens with one attached hydrogen (secondary N) is 1. The number of nitrogens with zero attached hydrogens (tertiary/aromatic N) is 2. The summed E-state index contributed by atoms with van der Waals surface area (Å²) in [5, 5.41) is 3.27. The molecule has 0 bridgehead atoms. The van der Waals surface area contributed by atoms with Crippen molar-refractivity contribution >= 4 is 5.91 Å². The number of hydrogen-bond donors (Lipinski definition) is 1. The Morgan fingerprint density at radius 1 is 1.05 bits per heavy atom. The van der Waals surface area contributed by atoms with Gasteiger partial charge in [0.1, 0.15) is 0 Å². The third-order valence-electron chi connectivity index (χ3n) is 4.26. The highest BCUT2D eigenvalue weighted by Gasteiger charge is 2.40. The molecule has 0 aromatic heterocycles. The van der Waals surface area contributed by atoms with Crippen molar-refractivity contribution < 1.29 is 14.3 Å². The third-order valence-corrected chi connectivity index (χ3v) is 4.26. The molecule has 0 unspecified atom stereocenters. The first kappa shape index (κ1) is 13.3. The zero-order valence-electron chi connectivity index (χ0n) is 11.4. The highest BCUT2D eigenvalue weighted by molar-refractivity contribution is 5.78. The van der Waals surface area contributed by atoms with Crippen LogP contribution >= 0.6 is 0 Å². The molecule has 0 aliphatic carbocycles. The first-order chi connectivity index (χ1) is 9.27. The van der Waals surface area contributed by atoms with Gasteiger partial charge in [-0.25, -0.2) is 0 Å². The van der Waals surface area contributed by atoms with E-state index in [1.165, 1.54) is 0 Å². The first-order valence-corrected chi connectivity index (χ1v) is 7.26. The standard InChI is InChI=1S/C13H23N3O3/c17-12(16-7-3-14-4-8-16)11-15-5-1-13(2-6-15)18-9-10-19-13/h14H,1-11H2. The summed E-state index contributed by atoms with van der Waals surface area (Å²) >= 11 is 0. The van der Waals surface area contributed by atoms with Gasteiger partial charge in [0.2, 0.25) is 5.91 Å². The Morgan fingerprint density at radius 3 is 2.32 bits per heavy atom. The van der Waals surface area contributed by atoms with Gasteiger partial charge in [-0.1, -0.05) is 0 Å². The molecule has 3 heterocycles. The Morgan fingerprint density at radius 2 is 1.68 bits per heavy atom. The Bertz CT molecular complexity index is 315. The van der Waals surface area contributed by atoms with E-state index >= 15 is 0 Å². The van der Waals surface area contributed by atoms with Gasteiger partial charge < -0.3 is 19.7 Å². The van der Waals surface area contributed by atoms with Crippen LogP contribution in [0, 0.1) is 0 Å². The summed E-state index contributed by atoms with van der Waals surface area (Å²) in [7, 11) is 0. The molecule has 3 fully saturated rings. The topological polar surface area (TPSA) is 54.0 Å². The van der Waals surface area contributed by atoms with Gasteiger partial charge in [-0.3, -0.25) is 9.69 Å². The smallest absolute Gasteiger partial charge is 0.236 e. The van der Waals surface area contributed by atoms with Crippen LogP contribution in [-0.4, -0.2) is 80.5 Å². The van der Waals surface area contributed by atoms with E-state index in [1.54, 1.807) is 0 Å². The van der Waals surface area contributed by atoms with E-state index in [9.17, 15) is 4.79 Å². The molecule has 3 aliphatic heterocycles. The van der Waals surface area contributed by atoms with Gasteiger partial charge in [-0.2, -0.15) is 0 Å². The Hall–Kier alpha value is -0.690. The molecule has 6 nitrogen and oxygen atoms in total. The van der Waals surface area contributed by atoms with E-state index in [1.807, 2.05) is 4.90 Å². The monoisotopic (exact) mass is 269 g/mol. The van der Waals surface area contributed by atoms with Crippen molar-refractivity contribution in [1.29, 1.82) is 0 Å². The number of amides is 1. The number of likely N-dealkylation sites (tertiary alicyclic amines) is 1. The quantitative estimate of drug-likeness (QED) is 0.715. The largest absolute Gasteiger partial charge is 0.347 e. The second-order valence-corrected chi connectivity index (χ2v) is 5.51. The second-order valence-electron chi connectivity index (χ2n) is 5.51. The fourth-order valence-electron chi connectivity index (χ4n) is 3.04. The Kier molecular flexibility index (Phi) is 4.02. The molecule has 1 N–H and O–H groups in total. The molecular weight excluding hydrogens is 246 g/mol. The van der Waals surface area contributed by atoms with Gasteiger partial charge in [0.25, 0.3) is 0 Å². The predicted molar refractivity (Wildman–Crippen MR) is 69.8 cm³/mol. The minimum Gasteiger partial charge on any atom is -0.347 e. The SMILES string of the molecule is O=C(CN1CCC2(CC1)OCCO2)N1CCNCC1. The van der Waals surface area contributed by atoms with E-state index in [0.29, 0.717) is 19.8 Å². The molecule has 3 aliphatic rings. The summed E-state index contributed by atoms with van der Waals surface area (Å²) in [6.07, 6.45) is 1.75. The number of hydrogen-bond acceptors (Lipinski definition) is 5. The molecule has 19 heavy (non-hydrogen) atoms. The maximum atomic E-state index is 12.2. The molecule has 1 amide bonds. The van der Waals surface area contributed by atoms with Crippen LogP contribution in [0.2, 0.25) is 0 Å². The van der Waals surface area contributed by atoms with Crippen molar-refractivity contribution in [2.75, 3.05) is 59.0 Å². The molecule has 6 heteroatoms. The van der Waals surface area contributed by atoms with Gasteiger partial charge >= 0.3 is 0 Å². The van der Waals surface area contributed by atoms with Gasteiger partial charge in [0.05, 0.1) is 19.8 Å². The first-order valence-electron chi connectivity index (χ1n) is 7.26. The summed E-state index contributed by atoms with van der Waals surface area (Å²) in [5.41, 5.74) is 0. The molecule has 0 radical (unpaired) electrons. The lowest BCUT2D eigenvalue weighted by Gasteiger charge is -2.38. The minimum atomic E-state index is -0.339. The van der Waals surface area contributed by atoms with E-state index in [-0.39, 0.29) is 11.7 Å². The molecule has 0 aromatic carbocycles. The number of carbonyl (C=O) groups is 1. The molecule has 0 atom stereocenters. The lowest BCUT2D eigenvalue weighted by Crippen LogP contribution is -2.52. The maximum Gasteiger partial charge on any atom is 0.236 e. The van der Waals surface area contributed by atoms with Crippen LogP contribution in [-0.2, 0) is 14.3 Å². The van der Waals surface area contributed by atoms with Gasteiger partial charge in [-0.05, 0) is 0 Å². The molecule has 108 valence electrons. The van der Waals surface area contributed by atoms with E-state index < -0.39 is 0 Å². The zero-order valence-corrected chi connectivity index (χ0v) is 11.4. The predicted octanol–water partition coefficient (Wildman–Crippen LogP) is -0.743. The van der Waals surface area contributed by atoms with Crippen LogP contribution in [0.4, 0.5) is 0 Å². The fourth-order valence-corrected chi connectivity index (χ4v) is 3.04. The van der Waals surface area contributed by atoms with Crippen LogP contribution < -0.4 is 5.32 Å². The summed E-state index contributed by atoms with van der Waals surface area (Å²) in [6, 6.07) is 0. The average molecular weight is 269 g/mol. The average Bonchev–Trinajstić information content (AvgIpc) is 2.91. The molecule has 1 spiro atoms. The molecule has 0 aromatic rings. The number of carbonyl (C=O) groups excluding carboxylic acids is 1. The number of piperidine rings is 1. The van der Waals surface area contributed by atoms with Crippen molar-refractivity contribution in [2.45, 2.75) is 18.6 Å². The van der Waals surface area contributed by atoms with Gasteiger partial charge in [0.15, 0.2) is 5.79 Å². The molecular formula is C13H23N3O3. The van der Waals surface area contributed by atoms with Crippen LogP contribution in [0.5, 0.6) is 0 Å². The normalized spacial score (nSPS) is 27.9. The number of piperazine rings is 1. The van der Waals surface area contributed by atoms with Crippen molar-refractivity contribution in [3.05, 3.63) is 0 Å². The van der Waals surface area contributed by atoms with Crippen molar-refractivity contribution in [2.24, 2.45) is 0 Å². The Balaban J connectivity index is 1.45. The molecule has 3 rings (SSSR count).